The van der Waals surface area contributed by atoms with Crippen molar-refractivity contribution in [1.29, 1.82) is 0 Å². The summed E-state index contributed by atoms with van der Waals surface area (Å²) in [6.07, 6.45) is 7.12. The number of nitrogen functional groups attached to an aromatic ring is 1. The number of nitrogens with two attached hydrogens (primary N) is 1. The van der Waals surface area contributed by atoms with Gasteiger partial charge in [0.05, 0.1) is 5.56 Å². The topological polar surface area (TPSA) is 64.9 Å². The Bertz CT molecular complexity index is 574. The molecular weight excluding hydrogens is 238 g/mol. The molecule has 2 N–H and O–H groups in total. The summed E-state index contributed by atoms with van der Waals surface area (Å²) >= 11 is 0. The molecule has 3 rings (SSSR count). The van der Waals surface area contributed by atoms with E-state index in [0.29, 0.717) is 11.7 Å². The van der Waals surface area contributed by atoms with Gasteiger partial charge in [-0.2, -0.15) is 0 Å². The minimum absolute atomic E-state index is 0.244. The molecular formula is C15H19N3O. The Morgan fingerprint density at radius 3 is 2.68 bits per heavy atom. The molecule has 100 valence electrons. The minimum Gasteiger partial charge on any atom is -0.380 e. The van der Waals surface area contributed by atoms with Crippen LogP contribution in [-0.2, 0) is 0 Å². The first kappa shape index (κ1) is 12.2. The Morgan fingerprint density at radius 1 is 1.32 bits per heavy atom. The highest BCUT2D eigenvalue weighted by Crippen LogP contribution is 2.51. The molecule has 1 unspecified atom stereocenters. The smallest absolute Gasteiger partial charge is 0.175 e. The molecule has 1 aliphatic rings. The second-order valence-electron chi connectivity index (χ2n) is 5.98. The van der Waals surface area contributed by atoms with Crippen molar-refractivity contribution >= 4 is 5.82 Å². The van der Waals surface area contributed by atoms with Crippen LogP contribution in [0.25, 0.3) is 11.1 Å². The Labute approximate surface area is 113 Å². The van der Waals surface area contributed by atoms with Crippen molar-refractivity contribution in [3.8, 4) is 11.1 Å². The first-order chi connectivity index (χ1) is 9.09. The largest absolute Gasteiger partial charge is 0.380 e. The molecule has 0 bridgehead atoms. The number of aromatic nitrogens is 2. The number of rotatable bonds is 2. The number of pyridine rings is 1. The van der Waals surface area contributed by atoms with Gasteiger partial charge in [-0.1, -0.05) is 25.4 Å². The van der Waals surface area contributed by atoms with Crippen LogP contribution in [0.1, 0.15) is 44.8 Å². The van der Waals surface area contributed by atoms with Crippen molar-refractivity contribution in [2.24, 2.45) is 5.41 Å². The SMILES string of the molecule is CC1(C)CCCC1c1onc(N)c1-c1ccncc1. The van der Waals surface area contributed by atoms with Gasteiger partial charge < -0.3 is 10.3 Å². The summed E-state index contributed by atoms with van der Waals surface area (Å²) in [6.45, 7) is 4.58. The highest BCUT2D eigenvalue weighted by molar-refractivity contribution is 5.75. The molecule has 2 aromatic rings. The molecule has 19 heavy (non-hydrogen) atoms. The van der Waals surface area contributed by atoms with E-state index in [1.165, 1.54) is 12.8 Å². The molecule has 2 aromatic heterocycles. The fourth-order valence-electron chi connectivity index (χ4n) is 3.18. The molecule has 4 nitrogen and oxygen atoms in total. The van der Waals surface area contributed by atoms with Crippen LogP contribution < -0.4 is 5.73 Å². The Balaban J connectivity index is 2.09. The average molecular weight is 257 g/mol. The van der Waals surface area contributed by atoms with Crippen molar-refractivity contribution < 1.29 is 4.52 Å². The van der Waals surface area contributed by atoms with E-state index in [9.17, 15) is 0 Å². The van der Waals surface area contributed by atoms with Gasteiger partial charge in [0.1, 0.15) is 5.76 Å². The number of hydrogen-bond acceptors (Lipinski definition) is 4. The molecule has 1 fully saturated rings. The van der Waals surface area contributed by atoms with Crippen LogP contribution >= 0.6 is 0 Å². The van der Waals surface area contributed by atoms with Crippen LogP contribution in [0.2, 0.25) is 0 Å². The summed E-state index contributed by atoms with van der Waals surface area (Å²) in [7, 11) is 0. The van der Waals surface area contributed by atoms with Crippen LogP contribution in [0.3, 0.4) is 0 Å². The predicted molar refractivity (Wildman–Crippen MR) is 74.5 cm³/mol. The van der Waals surface area contributed by atoms with Crippen molar-refractivity contribution in [1.82, 2.24) is 10.1 Å². The maximum absolute atomic E-state index is 6.00. The van der Waals surface area contributed by atoms with Gasteiger partial charge >= 0.3 is 0 Å². The van der Waals surface area contributed by atoms with Crippen LogP contribution in [-0.4, -0.2) is 10.1 Å². The molecule has 1 atom stereocenters. The average Bonchev–Trinajstić information content (AvgIpc) is 2.92. The lowest BCUT2D eigenvalue weighted by atomic mass is 9.79. The zero-order chi connectivity index (χ0) is 13.5. The van der Waals surface area contributed by atoms with Crippen LogP contribution in [0.4, 0.5) is 5.82 Å². The summed E-state index contributed by atoms with van der Waals surface area (Å²) in [5.74, 6) is 1.80. The Kier molecular flexibility index (Phi) is 2.81. The van der Waals surface area contributed by atoms with E-state index in [4.69, 9.17) is 10.3 Å². The predicted octanol–water partition coefficient (Wildman–Crippen LogP) is 3.61. The van der Waals surface area contributed by atoms with E-state index in [1.54, 1.807) is 12.4 Å². The number of anilines is 1. The van der Waals surface area contributed by atoms with Gasteiger partial charge in [-0.25, -0.2) is 0 Å². The maximum Gasteiger partial charge on any atom is 0.175 e. The molecule has 4 heteroatoms. The van der Waals surface area contributed by atoms with Gasteiger partial charge in [0.15, 0.2) is 5.82 Å². The summed E-state index contributed by atoms with van der Waals surface area (Å²) in [6, 6.07) is 3.91. The van der Waals surface area contributed by atoms with Crippen molar-refractivity contribution in [3.05, 3.63) is 30.3 Å². The lowest BCUT2D eigenvalue weighted by molar-refractivity contribution is 0.269. The first-order valence-corrected chi connectivity index (χ1v) is 6.75. The normalized spacial score (nSPS) is 21.7. The highest BCUT2D eigenvalue weighted by Gasteiger charge is 2.40. The molecule has 1 saturated carbocycles. The van der Waals surface area contributed by atoms with E-state index in [1.807, 2.05) is 12.1 Å². The molecule has 2 heterocycles. The molecule has 0 aromatic carbocycles. The van der Waals surface area contributed by atoms with Gasteiger partial charge in [-0.05, 0) is 36.0 Å². The van der Waals surface area contributed by atoms with Crippen molar-refractivity contribution in [2.75, 3.05) is 5.73 Å². The molecule has 0 saturated heterocycles. The lowest BCUT2D eigenvalue weighted by Crippen LogP contribution is -2.15. The third-order valence-corrected chi connectivity index (χ3v) is 4.29. The molecule has 0 aliphatic heterocycles. The standard InChI is InChI=1S/C15H19N3O/c1-15(2)7-3-4-11(15)13-12(14(16)18-19-13)10-5-8-17-9-6-10/h5-6,8-9,11H,3-4,7H2,1-2H3,(H2,16,18). The summed E-state index contributed by atoms with van der Waals surface area (Å²) in [5, 5.41) is 3.99. The fourth-order valence-corrected chi connectivity index (χ4v) is 3.18. The Morgan fingerprint density at radius 2 is 2.05 bits per heavy atom. The fraction of sp³-hybridized carbons (Fsp3) is 0.467. The maximum atomic E-state index is 6.00. The summed E-state index contributed by atoms with van der Waals surface area (Å²) < 4.78 is 5.57. The van der Waals surface area contributed by atoms with E-state index < -0.39 is 0 Å². The molecule has 0 radical (unpaired) electrons. The first-order valence-electron chi connectivity index (χ1n) is 6.75. The van der Waals surface area contributed by atoms with E-state index in [-0.39, 0.29) is 5.41 Å². The van der Waals surface area contributed by atoms with E-state index in [2.05, 4.69) is 24.0 Å². The second-order valence-corrected chi connectivity index (χ2v) is 5.98. The lowest BCUT2D eigenvalue weighted by Gasteiger charge is -2.25. The third-order valence-electron chi connectivity index (χ3n) is 4.29. The zero-order valence-corrected chi connectivity index (χ0v) is 11.4. The quantitative estimate of drug-likeness (QED) is 0.892. The molecule has 1 aliphatic carbocycles. The monoisotopic (exact) mass is 257 g/mol. The number of hydrogen-bond donors (Lipinski definition) is 1. The second kappa shape index (κ2) is 4.37. The third kappa shape index (κ3) is 2.01. The molecule has 0 spiro atoms. The van der Waals surface area contributed by atoms with Crippen molar-refractivity contribution in [2.45, 2.75) is 39.0 Å². The Hall–Kier alpha value is -1.84. The van der Waals surface area contributed by atoms with E-state index >= 15 is 0 Å². The minimum atomic E-state index is 0.244. The van der Waals surface area contributed by atoms with Gasteiger partial charge in [0.25, 0.3) is 0 Å². The van der Waals surface area contributed by atoms with Gasteiger partial charge in [0.2, 0.25) is 0 Å². The van der Waals surface area contributed by atoms with Gasteiger partial charge in [-0.3, -0.25) is 4.98 Å². The summed E-state index contributed by atoms with van der Waals surface area (Å²) in [5.41, 5.74) is 8.23. The highest BCUT2D eigenvalue weighted by atomic mass is 16.5. The van der Waals surface area contributed by atoms with Gasteiger partial charge in [0, 0.05) is 18.3 Å². The zero-order valence-electron chi connectivity index (χ0n) is 11.4. The summed E-state index contributed by atoms with van der Waals surface area (Å²) in [4.78, 5) is 4.05. The van der Waals surface area contributed by atoms with E-state index in [0.717, 1.165) is 23.3 Å². The number of nitrogens with zero attached hydrogens (tertiary/aromatic N) is 2. The van der Waals surface area contributed by atoms with Crippen LogP contribution in [0.15, 0.2) is 29.0 Å². The van der Waals surface area contributed by atoms with Crippen LogP contribution in [0, 0.1) is 5.41 Å². The van der Waals surface area contributed by atoms with Crippen LogP contribution in [0.5, 0.6) is 0 Å². The van der Waals surface area contributed by atoms with Crippen molar-refractivity contribution in [3.63, 3.8) is 0 Å². The van der Waals surface area contributed by atoms with Gasteiger partial charge in [-0.15, -0.1) is 0 Å². The molecule has 0 amide bonds.